The number of likely N-dealkylation sites (tertiary alicyclic amines) is 1. The largest absolute Gasteiger partial charge is 0.302 e. The van der Waals surface area contributed by atoms with Crippen LogP contribution < -0.4 is 5.32 Å². The molecule has 0 aromatic carbocycles. The molecule has 1 N–H and O–H groups in total. The van der Waals surface area contributed by atoms with E-state index in [9.17, 15) is 9.59 Å². The second kappa shape index (κ2) is 5.60. The average Bonchev–Trinajstić information content (AvgIpc) is 2.76. The van der Waals surface area contributed by atoms with Crippen LogP contribution in [0, 0.1) is 0 Å². The normalized spacial score (nSPS) is 20.2. The Morgan fingerprint density at radius 3 is 2.62 bits per heavy atom. The van der Waals surface area contributed by atoms with Crippen LogP contribution >= 0.6 is 0 Å². The van der Waals surface area contributed by atoms with Crippen LogP contribution in [0.1, 0.15) is 44.9 Å². The Morgan fingerprint density at radius 2 is 2.00 bits per heavy atom. The van der Waals surface area contributed by atoms with Gasteiger partial charge in [0.15, 0.2) is 0 Å². The van der Waals surface area contributed by atoms with Gasteiger partial charge in [-0.25, -0.2) is 0 Å². The van der Waals surface area contributed by atoms with Crippen molar-refractivity contribution >= 4 is 11.8 Å². The van der Waals surface area contributed by atoms with E-state index in [1.54, 1.807) is 11.7 Å². The number of hydrogen-bond acceptors (Lipinski definition) is 4. The van der Waals surface area contributed by atoms with Crippen molar-refractivity contribution in [1.29, 1.82) is 0 Å². The molecule has 1 aromatic heterocycles. The van der Waals surface area contributed by atoms with Gasteiger partial charge in [0, 0.05) is 44.2 Å². The molecule has 2 amide bonds. The van der Waals surface area contributed by atoms with E-state index in [4.69, 9.17) is 0 Å². The maximum atomic E-state index is 12.1. The number of amides is 2. The van der Waals surface area contributed by atoms with Gasteiger partial charge in [-0.15, -0.1) is 0 Å². The first-order chi connectivity index (χ1) is 9.70. The van der Waals surface area contributed by atoms with Crippen molar-refractivity contribution in [3.8, 4) is 0 Å². The summed E-state index contributed by atoms with van der Waals surface area (Å²) in [5.41, 5.74) is 2.09. The molecule has 1 saturated heterocycles. The fourth-order valence-corrected chi connectivity index (χ4v) is 2.64. The number of nitrogens with one attached hydrogen (secondary N) is 1. The van der Waals surface area contributed by atoms with E-state index >= 15 is 0 Å². The standard InChI is InChI=1S/C15H24N4O2/c1-15(2,3)13-10(9-18(4)17-13)8-16-11-6-7-12(20)19(5)14(11)21/h9,11,16H,6-8H2,1-5H3. The van der Waals surface area contributed by atoms with Gasteiger partial charge in [-0.2, -0.15) is 5.10 Å². The van der Waals surface area contributed by atoms with Crippen LogP contribution in [0.25, 0.3) is 0 Å². The van der Waals surface area contributed by atoms with Gasteiger partial charge in [-0.3, -0.25) is 19.2 Å². The number of aryl methyl sites for hydroxylation is 1. The molecule has 1 fully saturated rings. The molecule has 6 heteroatoms. The van der Waals surface area contributed by atoms with Crippen molar-refractivity contribution in [3.63, 3.8) is 0 Å². The average molecular weight is 292 g/mol. The zero-order valence-corrected chi connectivity index (χ0v) is 13.4. The number of aromatic nitrogens is 2. The fourth-order valence-electron chi connectivity index (χ4n) is 2.64. The Balaban J connectivity index is 2.07. The lowest BCUT2D eigenvalue weighted by Crippen LogP contribution is -2.51. The van der Waals surface area contributed by atoms with Gasteiger partial charge in [0.1, 0.15) is 0 Å². The summed E-state index contributed by atoms with van der Waals surface area (Å²) in [7, 11) is 3.44. The topological polar surface area (TPSA) is 67.2 Å². The Hall–Kier alpha value is -1.69. The van der Waals surface area contributed by atoms with E-state index in [0.29, 0.717) is 19.4 Å². The summed E-state index contributed by atoms with van der Waals surface area (Å²) in [6, 6.07) is -0.291. The first kappa shape index (κ1) is 15.7. The molecule has 6 nitrogen and oxygen atoms in total. The molecule has 1 aromatic rings. The zero-order chi connectivity index (χ0) is 15.8. The van der Waals surface area contributed by atoms with Crippen LogP contribution in [0.5, 0.6) is 0 Å². The third-order valence-corrected chi connectivity index (χ3v) is 3.80. The van der Waals surface area contributed by atoms with Crippen molar-refractivity contribution in [2.75, 3.05) is 7.05 Å². The van der Waals surface area contributed by atoms with Gasteiger partial charge in [-0.05, 0) is 6.42 Å². The molecule has 1 unspecified atom stereocenters. The SMILES string of the molecule is CN1C(=O)CCC(NCc2cn(C)nc2C(C)(C)C)C1=O. The Morgan fingerprint density at radius 1 is 1.33 bits per heavy atom. The molecule has 0 aliphatic carbocycles. The molecule has 116 valence electrons. The Labute approximate surface area is 125 Å². The van der Waals surface area contributed by atoms with Gasteiger partial charge >= 0.3 is 0 Å². The number of imide groups is 1. The minimum atomic E-state index is -0.291. The van der Waals surface area contributed by atoms with Gasteiger partial charge in [-0.1, -0.05) is 20.8 Å². The van der Waals surface area contributed by atoms with E-state index in [-0.39, 0.29) is 23.3 Å². The van der Waals surface area contributed by atoms with Crippen LogP contribution in [0.3, 0.4) is 0 Å². The lowest BCUT2D eigenvalue weighted by atomic mass is 9.89. The number of rotatable bonds is 3. The second-order valence-corrected chi connectivity index (χ2v) is 6.69. The lowest BCUT2D eigenvalue weighted by Gasteiger charge is -2.28. The van der Waals surface area contributed by atoms with E-state index in [1.165, 1.54) is 4.90 Å². The Kier molecular flexibility index (Phi) is 4.18. The van der Waals surface area contributed by atoms with Crippen molar-refractivity contribution in [1.82, 2.24) is 20.0 Å². The predicted octanol–water partition coefficient (Wildman–Crippen LogP) is 0.955. The van der Waals surface area contributed by atoms with Gasteiger partial charge in [0.05, 0.1) is 11.7 Å². The smallest absolute Gasteiger partial charge is 0.246 e. The van der Waals surface area contributed by atoms with Gasteiger partial charge in [0.2, 0.25) is 11.8 Å². The molecule has 0 bridgehead atoms. The molecule has 2 rings (SSSR count). The summed E-state index contributed by atoms with van der Waals surface area (Å²) in [5, 5.41) is 7.79. The maximum Gasteiger partial charge on any atom is 0.246 e. The van der Waals surface area contributed by atoms with E-state index in [1.807, 2.05) is 13.2 Å². The molecule has 0 spiro atoms. The number of nitrogens with zero attached hydrogens (tertiary/aromatic N) is 3. The number of carbonyl (C=O) groups excluding carboxylic acids is 2. The molecule has 1 atom stereocenters. The van der Waals surface area contributed by atoms with E-state index < -0.39 is 0 Å². The highest BCUT2D eigenvalue weighted by Gasteiger charge is 2.31. The minimum Gasteiger partial charge on any atom is -0.302 e. The summed E-state index contributed by atoms with van der Waals surface area (Å²) < 4.78 is 1.80. The van der Waals surface area contributed by atoms with E-state index in [2.05, 4.69) is 31.2 Å². The minimum absolute atomic E-state index is 0.0401. The monoisotopic (exact) mass is 292 g/mol. The van der Waals surface area contributed by atoms with Crippen molar-refractivity contribution in [2.24, 2.45) is 7.05 Å². The number of hydrogen-bond donors (Lipinski definition) is 1. The summed E-state index contributed by atoms with van der Waals surface area (Å²) >= 11 is 0. The van der Waals surface area contributed by atoms with Crippen molar-refractivity contribution in [2.45, 2.75) is 51.6 Å². The van der Waals surface area contributed by atoms with Crippen LogP contribution in [-0.2, 0) is 28.6 Å². The molecular formula is C15H24N4O2. The highest BCUT2D eigenvalue weighted by Crippen LogP contribution is 2.24. The van der Waals surface area contributed by atoms with Crippen LogP contribution in [0.2, 0.25) is 0 Å². The van der Waals surface area contributed by atoms with Crippen LogP contribution in [0.15, 0.2) is 6.20 Å². The van der Waals surface area contributed by atoms with Crippen LogP contribution in [0.4, 0.5) is 0 Å². The number of piperidine rings is 1. The van der Waals surface area contributed by atoms with Gasteiger partial charge in [0.25, 0.3) is 0 Å². The highest BCUT2D eigenvalue weighted by molar-refractivity contribution is 6.00. The number of carbonyl (C=O) groups is 2. The summed E-state index contributed by atoms with van der Waals surface area (Å²) in [6.45, 7) is 6.95. The molecule has 1 aliphatic heterocycles. The summed E-state index contributed by atoms with van der Waals surface area (Å²) in [4.78, 5) is 24.8. The molecule has 2 heterocycles. The van der Waals surface area contributed by atoms with E-state index in [0.717, 1.165) is 11.3 Å². The van der Waals surface area contributed by atoms with Gasteiger partial charge < -0.3 is 5.32 Å². The first-order valence-corrected chi connectivity index (χ1v) is 7.27. The number of likely N-dealkylation sites (N-methyl/N-ethyl adjacent to an activating group) is 1. The van der Waals surface area contributed by atoms with Crippen molar-refractivity contribution < 1.29 is 9.59 Å². The third-order valence-electron chi connectivity index (χ3n) is 3.80. The molecular weight excluding hydrogens is 268 g/mol. The molecule has 1 aliphatic rings. The molecule has 0 saturated carbocycles. The zero-order valence-electron chi connectivity index (χ0n) is 13.4. The highest BCUT2D eigenvalue weighted by atomic mass is 16.2. The predicted molar refractivity (Wildman–Crippen MR) is 79.5 cm³/mol. The maximum absolute atomic E-state index is 12.1. The fraction of sp³-hybridized carbons (Fsp3) is 0.667. The lowest BCUT2D eigenvalue weighted by molar-refractivity contribution is -0.148. The second-order valence-electron chi connectivity index (χ2n) is 6.69. The quantitative estimate of drug-likeness (QED) is 0.843. The van der Waals surface area contributed by atoms with Crippen molar-refractivity contribution in [3.05, 3.63) is 17.5 Å². The Bertz CT molecular complexity index is 557. The third kappa shape index (κ3) is 3.32. The molecule has 21 heavy (non-hydrogen) atoms. The molecule has 0 radical (unpaired) electrons. The summed E-state index contributed by atoms with van der Waals surface area (Å²) in [5.74, 6) is -0.248. The summed E-state index contributed by atoms with van der Waals surface area (Å²) in [6.07, 6.45) is 2.96. The first-order valence-electron chi connectivity index (χ1n) is 7.27. The van der Waals surface area contributed by atoms with Crippen LogP contribution in [-0.4, -0.2) is 39.6 Å².